The number of hydrogen-bond donors (Lipinski definition) is 1. The number of halogens is 2. The zero-order valence-corrected chi connectivity index (χ0v) is 6.44. The van der Waals surface area contributed by atoms with Gasteiger partial charge in [-0.25, -0.2) is 0 Å². The van der Waals surface area contributed by atoms with Crippen LogP contribution in [0.15, 0.2) is 0 Å². The van der Waals surface area contributed by atoms with Crippen molar-refractivity contribution in [1.82, 2.24) is 0 Å². The van der Waals surface area contributed by atoms with Crippen molar-refractivity contribution in [3.63, 3.8) is 0 Å². The van der Waals surface area contributed by atoms with E-state index in [9.17, 15) is 13.6 Å². The summed E-state index contributed by atoms with van der Waals surface area (Å²) in [5, 5.41) is 8.22. The van der Waals surface area contributed by atoms with Gasteiger partial charge in [0.15, 0.2) is 0 Å². The Morgan fingerprint density at radius 2 is 1.91 bits per heavy atom. The minimum Gasteiger partial charge on any atom is -0.481 e. The highest BCUT2D eigenvalue weighted by Gasteiger charge is 2.24. The molecular weight excluding hydrogens is 154 g/mol. The molecular formula is C7H12F2O2. The van der Waals surface area contributed by atoms with Crippen molar-refractivity contribution in [3.8, 4) is 0 Å². The predicted octanol–water partition coefficient (Wildman–Crippen LogP) is 1.80. The molecule has 0 aliphatic rings. The van der Waals surface area contributed by atoms with Gasteiger partial charge in [-0.15, -0.1) is 0 Å². The van der Waals surface area contributed by atoms with E-state index in [1.54, 1.807) is 0 Å². The van der Waals surface area contributed by atoms with Gasteiger partial charge < -0.3 is 5.11 Å². The van der Waals surface area contributed by atoms with Gasteiger partial charge in [-0.3, -0.25) is 13.6 Å². The Balaban J connectivity index is 3.78. The topological polar surface area (TPSA) is 37.3 Å². The van der Waals surface area contributed by atoms with E-state index in [0.29, 0.717) is 0 Å². The highest BCUT2D eigenvalue weighted by Crippen LogP contribution is 2.24. The van der Waals surface area contributed by atoms with Gasteiger partial charge in [-0.05, 0) is 6.42 Å². The summed E-state index contributed by atoms with van der Waals surface area (Å²) in [6.07, 6.45) is -0.125. The van der Waals surface area contributed by atoms with Crippen molar-refractivity contribution in [1.29, 1.82) is 0 Å². The molecule has 0 saturated carbocycles. The summed E-state index contributed by atoms with van der Waals surface area (Å²) in [5.41, 5.74) is -1.10. The number of rotatable bonds is 5. The van der Waals surface area contributed by atoms with E-state index in [2.05, 4.69) is 0 Å². The van der Waals surface area contributed by atoms with E-state index in [1.165, 1.54) is 6.92 Å². The molecule has 0 saturated heterocycles. The smallest absolute Gasteiger partial charge is 0.303 e. The molecule has 0 fully saturated rings. The molecule has 0 atom stereocenters. The van der Waals surface area contributed by atoms with Crippen molar-refractivity contribution in [3.05, 3.63) is 0 Å². The highest BCUT2D eigenvalue weighted by molar-refractivity contribution is 5.66. The summed E-state index contributed by atoms with van der Waals surface area (Å²) in [7, 11) is 0. The highest BCUT2D eigenvalue weighted by atomic mass is 19.1. The quantitative estimate of drug-likeness (QED) is 0.676. The van der Waals surface area contributed by atoms with Gasteiger partial charge in [-0.2, -0.15) is 0 Å². The van der Waals surface area contributed by atoms with Crippen LogP contribution < -0.4 is 0 Å². The lowest BCUT2D eigenvalue weighted by atomic mass is 9.88. The van der Waals surface area contributed by atoms with E-state index in [4.69, 9.17) is 5.11 Å². The Morgan fingerprint density at radius 1 is 1.45 bits per heavy atom. The van der Waals surface area contributed by atoms with Gasteiger partial charge in [0.2, 0.25) is 0 Å². The van der Waals surface area contributed by atoms with Crippen molar-refractivity contribution in [2.45, 2.75) is 19.8 Å². The number of hydrogen-bond acceptors (Lipinski definition) is 1. The normalized spacial score (nSPS) is 11.5. The van der Waals surface area contributed by atoms with Crippen molar-refractivity contribution in [2.24, 2.45) is 5.41 Å². The molecule has 0 heterocycles. The summed E-state index contributed by atoms with van der Waals surface area (Å²) in [5.74, 6) is -1.02. The lowest BCUT2D eigenvalue weighted by molar-refractivity contribution is -0.137. The Labute approximate surface area is 64.2 Å². The lowest BCUT2D eigenvalue weighted by Gasteiger charge is -2.20. The van der Waals surface area contributed by atoms with Gasteiger partial charge in [0.1, 0.15) is 0 Å². The van der Waals surface area contributed by atoms with Crippen LogP contribution in [0.1, 0.15) is 19.8 Å². The maximum atomic E-state index is 12.1. The van der Waals surface area contributed by atoms with Gasteiger partial charge in [0, 0.05) is 11.8 Å². The van der Waals surface area contributed by atoms with Crippen LogP contribution in [-0.4, -0.2) is 24.4 Å². The first-order valence-electron chi connectivity index (χ1n) is 3.38. The lowest BCUT2D eigenvalue weighted by Crippen LogP contribution is -2.22. The van der Waals surface area contributed by atoms with Crippen LogP contribution in [0.5, 0.6) is 0 Å². The minimum absolute atomic E-state index is 0.0509. The number of alkyl halides is 2. The molecule has 0 amide bonds. The number of aliphatic carboxylic acids is 1. The third-order valence-corrected chi connectivity index (χ3v) is 1.59. The van der Waals surface area contributed by atoms with Gasteiger partial charge in [0.25, 0.3) is 0 Å². The van der Waals surface area contributed by atoms with Crippen molar-refractivity contribution >= 4 is 5.97 Å². The molecule has 0 aromatic rings. The zero-order chi connectivity index (χ0) is 8.91. The fourth-order valence-corrected chi connectivity index (χ4v) is 0.578. The van der Waals surface area contributed by atoms with E-state index in [1.807, 2.05) is 0 Å². The van der Waals surface area contributed by atoms with E-state index in [-0.39, 0.29) is 12.8 Å². The molecule has 11 heavy (non-hydrogen) atoms. The summed E-state index contributed by atoms with van der Waals surface area (Å²) in [6, 6.07) is 0. The maximum absolute atomic E-state index is 12.1. The molecule has 0 aliphatic heterocycles. The average Bonchev–Trinajstić information content (AvgIpc) is 2.00. The first-order chi connectivity index (χ1) is 5.04. The molecule has 0 aromatic carbocycles. The summed E-state index contributed by atoms with van der Waals surface area (Å²) >= 11 is 0. The number of carboxylic acids is 1. The second kappa shape index (κ2) is 4.26. The van der Waals surface area contributed by atoms with Gasteiger partial charge >= 0.3 is 5.97 Å². The van der Waals surface area contributed by atoms with Crippen LogP contribution in [0.2, 0.25) is 0 Å². The van der Waals surface area contributed by atoms with Gasteiger partial charge in [-0.1, -0.05) is 6.92 Å². The van der Waals surface area contributed by atoms with Crippen LogP contribution in [0.4, 0.5) is 8.78 Å². The number of carboxylic acid groups (broad SMARTS) is 1. The second-order valence-corrected chi connectivity index (χ2v) is 2.97. The Hall–Kier alpha value is -0.670. The molecule has 2 nitrogen and oxygen atoms in total. The molecule has 0 aromatic heterocycles. The van der Waals surface area contributed by atoms with Crippen LogP contribution in [0.3, 0.4) is 0 Å². The van der Waals surface area contributed by atoms with E-state index >= 15 is 0 Å². The predicted molar refractivity (Wildman–Crippen MR) is 36.9 cm³/mol. The first-order valence-corrected chi connectivity index (χ1v) is 3.38. The van der Waals surface area contributed by atoms with Crippen LogP contribution in [-0.2, 0) is 4.79 Å². The van der Waals surface area contributed by atoms with E-state index < -0.39 is 24.7 Å². The molecule has 0 unspecified atom stereocenters. The molecule has 0 spiro atoms. The molecule has 66 valence electrons. The SMILES string of the molecule is CC(CF)(CF)CCC(=O)O. The Kier molecular flexibility index (Phi) is 4.00. The molecule has 0 aliphatic carbocycles. The van der Waals surface area contributed by atoms with Crippen LogP contribution in [0, 0.1) is 5.41 Å². The first kappa shape index (κ1) is 10.3. The monoisotopic (exact) mass is 166 g/mol. The third kappa shape index (κ3) is 3.91. The molecule has 1 N–H and O–H groups in total. The van der Waals surface area contributed by atoms with Crippen LogP contribution >= 0.6 is 0 Å². The fraction of sp³-hybridized carbons (Fsp3) is 0.857. The molecule has 0 rings (SSSR count). The molecule has 0 bridgehead atoms. The maximum Gasteiger partial charge on any atom is 0.303 e. The van der Waals surface area contributed by atoms with E-state index in [0.717, 1.165) is 0 Å². The molecule has 4 heteroatoms. The summed E-state index contributed by atoms with van der Waals surface area (Å²) < 4.78 is 24.1. The Morgan fingerprint density at radius 3 is 2.18 bits per heavy atom. The largest absolute Gasteiger partial charge is 0.481 e. The van der Waals surface area contributed by atoms with Crippen molar-refractivity contribution in [2.75, 3.05) is 13.3 Å². The standard InChI is InChI=1S/C7H12F2O2/c1-7(4-8,5-9)3-2-6(10)11/h2-5H2,1H3,(H,10,11). The zero-order valence-electron chi connectivity index (χ0n) is 6.44. The second-order valence-electron chi connectivity index (χ2n) is 2.97. The third-order valence-electron chi connectivity index (χ3n) is 1.59. The Bertz CT molecular complexity index is 132. The number of carbonyl (C=O) groups is 1. The van der Waals surface area contributed by atoms with Crippen molar-refractivity contribution < 1.29 is 18.7 Å². The van der Waals surface area contributed by atoms with Gasteiger partial charge in [0.05, 0.1) is 13.3 Å². The summed E-state index contributed by atoms with van der Waals surface area (Å²) in [6.45, 7) is -0.219. The fourth-order valence-electron chi connectivity index (χ4n) is 0.578. The minimum atomic E-state index is -1.10. The van der Waals surface area contributed by atoms with Crippen LogP contribution in [0.25, 0.3) is 0 Å². The molecule has 0 radical (unpaired) electrons. The summed E-state index contributed by atoms with van der Waals surface area (Å²) in [4.78, 5) is 10.0. The average molecular weight is 166 g/mol.